The van der Waals surface area contributed by atoms with Crippen LogP contribution in [0.2, 0.25) is 0 Å². The number of hydrogen-bond acceptors (Lipinski definition) is 11. The van der Waals surface area contributed by atoms with Gasteiger partial charge in [0.1, 0.15) is 5.75 Å². The van der Waals surface area contributed by atoms with Gasteiger partial charge in [0.25, 0.3) is 5.91 Å². The second-order valence-corrected chi connectivity index (χ2v) is 13.4. The van der Waals surface area contributed by atoms with E-state index in [2.05, 4.69) is 45.7 Å². The van der Waals surface area contributed by atoms with Crippen molar-refractivity contribution in [2.75, 3.05) is 46.8 Å². The normalized spacial score (nSPS) is 17.3. The van der Waals surface area contributed by atoms with Crippen LogP contribution in [0, 0.1) is 0 Å². The number of hydrogen-bond donors (Lipinski definition) is 2. The minimum atomic E-state index is -0.235. The third kappa shape index (κ3) is 7.89. The number of aromatic hydroxyl groups is 1. The number of ether oxygens (including phenoxy) is 4. The van der Waals surface area contributed by atoms with Crippen LogP contribution in [0.25, 0.3) is 11.1 Å². The fourth-order valence-corrected chi connectivity index (χ4v) is 6.84. The summed E-state index contributed by atoms with van der Waals surface area (Å²) in [4.78, 5) is 38.9. The molecule has 2 N–H and O–H groups in total. The Hall–Kier alpha value is -6.56. The molecule has 1 amide bonds. The summed E-state index contributed by atoms with van der Waals surface area (Å²) in [7, 11) is 6.97. The van der Waals surface area contributed by atoms with E-state index >= 15 is 0 Å². The van der Waals surface area contributed by atoms with Crippen molar-refractivity contribution in [2.24, 2.45) is 9.98 Å². The molecule has 0 bridgehead atoms. The van der Waals surface area contributed by atoms with Gasteiger partial charge >= 0.3 is 0 Å². The van der Waals surface area contributed by atoms with Gasteiger partial charge in [0.15, 0.2) is 29.3 Å². The number of carbonyl (C=O) groups is 2. The molecule has 7 rings (SSSR count). The first-order valence-electron chi connectivity index (χ1n) is 18.0. The summed E-state index contributed by atoms with van der Waals surface area (Å²) in [5, 5.41) is 12.8. The molecule has 0 aliphatic carbocycles. The number of phenolic OH excluding ortho intramolecular Hbond substituents is 1. The van der Waals surface area contributed by atoms with Crippen LogP contribution in [-0.2, 0) is 0 Å². The Morgan fingerprint density at radius 1 is 0.873 bits per heavy atom. The minimum Gasteiger partial charge on any atom is -0.508 e. The Morgan fingerprint density at radius 3 is 2.20 bits per heavy atom. The van der Waals surface area contributed by atoms with E-state index in [0.29, 0.717) is 71.6 Å². The molecule has 12 nitrogen and oxygen atoms in total. The first kappa shape index (κ1) is 36.8. The van der Waals surface area contributed by atoms with E-state index in [0.717, 1.165) is 35.1 Å². The van der Waals surface area contributed by atoms with Crippen LogP contribution in [-0.4, -0.2) is 93.1 Å². The Labute approximate surface area is 320 Å². The maximum Gasteiger partial charge on any atom is 0.260 e. The lowest BCUT2D eigenvalue weighted by Crippen LogP contribution is -2.32. The lowest BCUT2D eigenvalue weighted by Gasteiger charge is -2.19. The third-order valence-electron chi connectivity index (χ3n) is 9.94. The number of nitrogens with zero attached hydrogens (tertiary/aromatic N) is 4. The molecule has 3 heterocycles. The number of aldehydes is 1. The zero-order valence-electron chi connectivity index (χ0n) is 31.2. The van der Waals surface area contributed by atoms with Gasteiger partial charge < -0.3 is 39.2 Å². The van der Waals surface area contributed by atoms with E-state index in [-0.39, 0.29) is 23.7 Å². The standard InChI is InChI=1S/C43H43N5O7/c1-44-32-10-6-27(7-11-32)29-16-33(47(2)24-29)22-45-37-20-41(39(52-3)18-31(37)26-49)54-14-5-15-55-42-21-38-36(19-40(42)53-4)43(51)48-25-30(17-34(48)23-46-38)28-8-12-35(50)13-9-28/h6-13,18-26,33-34,44,50H,5,14-17H2,1-4H3. The molecular formula is C43H43N5O7. The van der Waals surface area contributed by atoms with Crippen molar-refractivity contribution in [3.8, 4) is 28.7 Å². The van der Waals surface area contributed by atoms with E-state index in [1.807, 2.05) is 38.6 Å². The molecule has 2 atom stereocenters. The molecule has 0 saturated carbocycles. The van der Waals surface area contributed by atoms with Gasteiger partial charge in [0, 0.05) is 75.1 Å². The summed E-state index contributed by atoms with van der Waals surface area (Å²) in [6, 6.07) is 21.8. The highest BCUT2D eigenvalue weighted by Gasteiger charge is 2.33. The van der Waals surface area contributed by atoms with Crippen molar-refractivity contribution < 1.29 is 33.6 Å². The molecule has 55 heavy (non-hydrogen) atoms. The van der Waals surface area contributed by atoms with Crippen molar-refractivity contribution >= 4 is 52.8 Å². The molecule has 0 radical (unpaired) electrons. The molecule has 3 aliphatic heterocycles. The zero-order chi connectivity index (χ0) is 38.5. The minimum absolute atomic E-state index is 0.0225. The highest BCUT2D eigenvalue weighted by molar-refractivity contribution is 6.05. The fraction of sp³-hybridized carbons (Fsp3) is 0.256. The largest absolute Gasteiger partial charge is 0.508 e. The first-order chi connectivity index (χ1) is 26.8. The smallest absolute Gasteiger partial charge is 0.260 e. The van der Waals surface area contributed by atoms with E-state index in [9.17, 15) is 14.7 Å². The van der Waals surface area contributed by atoms with Crippen LogP contribution in [0.3, 0.4) is 0 Å². The lowest BCUT2D eigenvalue weighted by molar-refractivity contribution is 0.0817. The van der Waals surface area contributed by atoms with Gasteiger partial charge in [0.05, 0.1) is 56.5 Å². The summed E-state index contributed by atoms with van der Waals surface area (Å²) >= 11 is 0. The Bertz CT molecular complexity index is 2190. The number of anilines is 1. The number of phenols is 1. The van der Waals surface area contributed by atoms with Crippen LogP contribution in [0.5, 0.6) is 28.7 Å². The number of aliphatic imine (C=N–C) groups is 2. The number of rotatable bonds is 14. The fourth-order valence-electron chi connectivity index (χ4n) is 6.84. The van der Waals surface area contributed by atoms with Crippen LogP contribution >= 0.6 is 0 Å². The summed E-state index contributed by atoms with van der Waals surface area (Å²) in [5.41, 5.74) is 7.14. The quantitative estimate of drug-likeness (QED) is 0.0764. The number of amides is 1. The predicted molar refractivity (Wildman–Crippen MR) is 214 cm³/mol. The van der Waals surface area contributed by atoms with E-state index < -0.39 is 0 Å². The molecule has 3 aliphatic rings. The van der Waals surface area contributed by atoms with Gasteiger partial charge in [-0.05, 0) is 65.1 Å². The summed E-state index contributed by atoms with van der Waals surface area (Å²) in [6.45, 7) is 0.586. The van der Waals surface area contributed by atoms with Crippen LogP contribution in [0.4, 0.5) is 17.1 Å². The maximum absolute atomic E-state index is 13.7. The highest BCUT2D eigenvalue weighted by Crippen LogP contribution is 2.40. The number of methoxy groups -OCH3 is 2. The second-order valence-electron chi connectivity index (χ2n) is 13.4. The van der Waals surface area contributed by atoms with Crippen LogP contribution in [0.1, 0.15) is 51.1 Å². The number of carbonyl (C=O) groups excluding carboxylic acids is 2. The van der Waals surface area contributed by atoms with Crippen molar-refractivity contribution in [3.05, 3.63) is 107 Å². The molecular weight excluding hydrogens is 699 g/mol. The van der Waals surface area contributed by atoms with Crippen molar-refractivity contribution in [2.45, 2.75) is 31.3 Å². The Balaban J connectivity index is 0.976. The van der Waals surface area contributed by atoms with Crippen molar-refractivity contribution in [1.29, 1.82) is 0 Å². The van der Waals surface area contributed by atoms with Gasteiger partial charge in [0.2, 0.25) is 0 Å². The lowest BCUT2D eigenvalue weighted by atomic mass is 10.0. The molecule has 4 aromatic rings. The van der Waals surface area contributed by atoms with E-state index in [1.54, 1.807) is 47.5 Å². The molecule has 4 aromatic carbocycles. The highest BCUT2D eigenvalue weighted by atomic mass is 16.5. The number of nitrogens with one attached hydrogen (secondary N) is 1. The van der Waals surface area contributed by atoms with Crippen molar-refractivity contribution in [3.63, 3.8) is 0 Å². The summed E-state index contributed by atoms with van der Waals surface area (Å²) < 4.78 is 23.4. The average molecular weight is 742 g/mol. The van der Waals surface area contributed by atoms with Gasteiger partial charge in [-0.2, -0.15) is 0 Å². The van der Waals surface area contributed by atoms with Gasteiger partial charge in [-0.25, -0.2) is 0 Å². The molecule has 12 heteroatoms. The van der Waals surface area contributed by atoms with E-state index in [4.69, 9.17) is 23.9 Å². The van der Waals surface area contributed by atoms with Gasteiger partial charge in [-0.1, -0.05) is 24.3 Å². The topological polar surface area (TPSA) is 135 Å². The molecule has 0 aromatic heterocycles. The van der Waals surface area contributed by atoms with Gasteiger partial charge in [-0.3, -0.25) is 19.6 Å². The average Bonchev–Trinajstić information content (AvgIpc) is 3.79. The van der Waals surface area contributed by atoms with E-state index in [1.165, 1.54) is 19.8 Å². The number of benzene rings is 4. The molecule has 0 fully saturated rings. The second kappa shape index (κ2) is 16.2. The van der Waals surface area contributed by atoms with Crippen LogP contribution < -0.4 is 24.3 Å². The zero-order valence-corrected chi connectivity index (χ0v) is 31.2. The first-order valence-corrected chi connectivity index (χ1v) is 18.0. The molecule has 0 spiro atoms. The van der Waals surface area contributed by atoms with Gasteiger partial charge in [-0.15, -0.1) is 0 Å². The van der Waals surface area contributed by atoms with Crippen molar-refractivity contribution in [1.82, 2.24) is 9.80 Å². The summed E-state index contributed by atoms with van der Waals surface area (Å²) in [5.74, 6) is 1.77. The Kier molecular flexibility index (Phi) is 10.8. The SMILES string of the molecule is CNc1ccc(C2=CN(C)C(C=Nc3cc(OCCCOc4cc5c(cc4OC)C(=O)N4C=C(c6ccc(O)cc6)CC4C=N5)c(OC)cc3C=O)C2)cc1. The Morgan fingerprint density at radius 2 is 1.53 bits per heavy atom. The molecule has 0 saturated heterocycles. The summed E-state index contributed by atoms with van der Waals surface area (Å²) in [6.07, 6.45) is 10.3. The third-order valence-corrected chi connectivity index (χ3v) is 9.94. The molecule has 282 valence electrons. The number of fused-ring (bicyclic) bond motifs is 2. The monoisotopic (exact) mass is 741 g/mol. The predicted octanol–water partition coefficient (Wildman–Crippen LogP) is 7.53. The van der Waals surface area contributed by atoms with Crippen LogP contribution in [0.15, 0.2) is 95.2 Å². The molecule has 2 unspecified atom stereocenters. The maximum atomic E-state index is 13.7.